The van der Waals surface area contributed by atoms with Gasteiger partial charge in [0.15, 0.2) is 21.8 Å². The van der Waals surface area contributed by atoms with Crippen molar-refractivity contribution >= 4 is 43.4 Å². The number of ether oxygens (including phenoxy) is 1. The van der Waals surface area contributed by atoms with Crippen LogP contribution in [0.2, 0.25) is 0 Å². The number of fused-ring (bicyclic) bond motifs is 5. The molecule has 160 valence electrons. The number of benzene rings is 2. The molecule has 0 saturated carbocycles. The highest BCUT2D eigenvalue weighted by Crippen LogP contribution is 2.59. The highest BCUT2D eigenvalue weighted by atomic mass is 79.9. The molecule has 2 aromatic rings. The highest BCUT2D eigenvalue weighted by molar-refractivity contribution is 9.10. The molecule has 1 atom stereocenters. The van der Waals surface area contributed by atoms with Crippen molar-refractivity contribution in [1.29, 1.82) is 5.26 Å². The topological polar surface area (TPSA) is 123 Å². The third kappa shape index (κ3) is 2.40. The fourth-order valence-corrected chi connectivity index (χ4v) is 6.30. The standard InChI is InChI=1S/C22H14BrN3O5S/c1-2-9-26-16-8-7-12(23)10-14(16)22(21(26)27)15(11-24)20(25)30-18-13-5-3-4-6-17(13)31-32(28,29)19(18)22/h2-8,10H,1,9,25H2. The molecule has 10 heteroatoms. The fraction of sp³-hybridized carbons (Fsp3) is 0.0909. The summed E-state index contributed by atoms with van der Waals surface area (Å²) in [5, 5.41) is 10.0. The summed E-state index contributed by atoms with van der Waals surface area (Å²) in [6, 6.07) is 13.3. The molecule has 2 aromatic carbocycles. The van der Waals surface area contributed by atoms with E-state index in [2.05, 4.69) is 22.5 Å². The molecule has 1 spiro atoms. The van der Waals surface area contributed by atoms with E-state index in [-0.39, 0.29) is 35.1 Å². The van der Waals surface area contributed by atoms with Crippen molar-refractivity contribution in [2.45, 2.75) is 5.41 Å². The highest BCUT2D eigenvalue weighted by Gasteiger charge is 2.65. The zero-order valence-electron chi connectivity index (χ0n) is 16.3. The van der Waals surface area contributed by atoms with Gasteiger partial charge >= 0.3 is 10.1 Å². The maximum Gasteiger partial charge on any atom is 0.340 e. The van der Waals surface area contributed by atoms with E-state index in [1.54, 1.807) is 36.4 Å². The number of carbonyl (C=O) groups is 1. The van der Waals surface area contributed by atoms with E-state index in [1.165, 1.54) is 17.0 Å². The average Bonchev–Trinajstić information content (AvgIpc) is 2.96. The first-order valence-corrected chi connectivity index (χ1v) is 11.6. The van der Waals surface area contributed by atoms with Gasteiger partial charge in [0.2, 0.25) is 11.8 Å². The van der Waals surface area contributed by atoms with E-state index >= 15 is 0 Å². The Morgan fingerprint density at radius 3 is 2.75 bits per heavy atom. The van der Waals surface area contributed by atoms with E-state index in [4.69, 9.17) is 14.7 Å². The summed E-state index contributed by atoms with van der Waals surface area (Å²) >= 11 is 3.38. The van der Waals surface area contributed by atoms with Crippen molar-refractivity contribution < 1.29 is 22.1 Å². The lowest BCUT2D eigenvalue weighted by molar-refractivity contribution is -0.120. The molecule has 5 rings (SSSR count). The quantitative estimate of drug-likeness (QED) is 0.485. The lowest BCUT2D eigenvalue weighted by atomic mass is 9.73. The van der Waals surface area contributed by atoms with Crippen LogP contribution >= 0.6 is 15.9 Å². The number of nitrogens with zero attached hydrogens (tertiary/aromatic N) is 2. The van der Waals surface area contributed by atoms with Gasteiger partial charge in [-0.3, -0.25) is 4.79 Å². The smallest absolute Gasteiger partial charge is 0.340 e. The summed E-state index contributed by atoms with van der Waals surface area (Å²) in [6.45, 7) is 3.78. The molecule has 2 N–H and O–H groups in total. The second-order valence-corrected chi connectivity index (χ2v) is 9.66. The average molecular weight is 512 g/mol. The first-order chi connectivity index (χ1) is 15.3. The lowest BCUT2D eigenvalue weighted by Gasteiger charge is -2.37. The van der Waals surface area contributed by atoms with Crippen molar-refractivity contribution in [3.05, 3.63) is 87.1 Å². The van der Waals surface area contributed by atoms with E-state index in [1.807, 2.05) is 6.07 Å². The first-order valence-electron chi connectivity index (χ1n) is 9.37. The number of carbonyl (C=O) groups excluding carboxylic acids is 1. The fourth-order valence-electron chi connectivity index (χ4n) is 4.42. The summed E-state index contributed by atoms with van der Waals surface area (Å²) in [6.07, 6.45) is 1.51. The van der Waals surface area contributed by atoms with Gasteiger partial charge in [-0.1, -0.05) is 34.1 Å². The van der Waals surface area contributed by atoms with Crippen molar-refractivity contribution in [3.63, 3.8) is 0 Å². The number of anilines is 1. The normalized spacial score (nSPS) is 22.5. The molecule has 0 saturated heterocycles. The molecular formula is C22H14BrN3O5S. The Morgan fingerprint density at radius 1 is 1.28 bits per heavy atom. The Bertz CT molecular complexity index is 1450. The molecule has 3 aliphatic rings. The van der Waals surface area contributed by atoms with E-state index in [0.29, 0.717) is 15.7 Å². The van der Waals surface area contributed by atoms with Gasteiger partial charge < -0.3 is 19.6 Å². The molecule has 0 aromatic heterocycles. The third-order valence-corrected chi connectivity index (χ3v) is 7.49. The predicted octanol–water partition coefficient (Wildman–Crippen LogP) is 3.03. The lowest BCUT2D eigenvalue weighted by Crippen LogP contribution is -2.49. The number of nitrogens with two attached hydrogens (primary N) is 1. The van der Waals surface area contributed by atoms with Crippen molar-refractivity contribution in [2.24, 2.45) is 5.73 Å². The van der Waals surface area contributed by atoms with Crippen LogP contribution in [0.3, 0.4) is 0 Å². The zero-order chi connectivity index (χ0) is 22.8. The van der Waals surface area contributed by atoms with Crippen LogP contribution in [0, 0.1) is 11.3 Å². The summed E-state index contributed by atoms with van der Waals surface area (Å²) in [7, 11) is -4.56. The number of rotatable bonds is 2. The monoisotopic (exact) mass is 511 g/mol. The predicted molar refractivity (Wildman–Crippen MR) is 119 cm³/mol. The number of amides is 1. The molecule has 8 nitrogen and oxygen atoms in total. The summed E-state index contributed by atoms with van der Waals surface area (Å²) in [5.74, 6) is -1.11. The van der Waals surface area contributed by atoms with Gasteiger partial charge in [-0.2, -0.15) is 13.7 Å². The third-order valence-electron chi connectivity index (χ3n) is 5.60. The van der Waals surface area contributed by atoms with Gasteiger partial charge in [0.1, 0.15) is 11.6 Å². The van der Waals surface area contributed by atoms with Gasteiger partial charge in [-0.05, 0) is 30.3 Å². The molecule has 0 fully saturated rings. The van der Waals surface area contributed by atoms with Gasteiger partial charge in [0.05, 0.1) is 5.56 Å². The second-order valence-electron chi connectivity index (χ2n) is 7.26. The molecule has 1 unspecified atom stereocenters. The maximum atomic E-state index is 14.0. The summed E-state index contributed by atoms with van der Waals surface area (Å²) in [5.41, 5.74) is 4.77. The minimum Gasteiger partial charge on any atom is -0.438 e. The number of hydrogen-bond donors (Lipinski definition) is 1. The number of halogens is 1. The van der Waals surface area contributed by atoms with Crippen LogP contribution in [0.25, 0.3) is 5.76 Å². The summed E-state index contributed by atoms with van der Waals surface area (Å²) in [4.78, 5) is 14.9. The second kappa shape index (κ2) is 6.72. The van der Waals surface area contributed by atoms with Crippen LogP contribution in [0.4, 0.5) is 5.69 Å². The van der Waals surface area contributed by atoms with Gasteiger partial charge in [-0.15, -0.1) is 6.58 Å². The Hall–Kier alpha value is -3.55. The Morgan fingerprint density at radius 2 is 2.03 bits per heavy atom. The SMILES string of the molecule is C=CCN1C(=O)C2(C(C#N)=C(N)OC3=C2S(=O)(=O)Oc2ccccc23)c2cc(Br)ccc21. The number of para-hydroxylation sites is 1. The molecule has 3 heterocycles. The van der Waals surface area contributed by atoms with Crippen LogP contribution < -0.4 is 14.8 Å². The van der Waals surface area contributed by atoms with Crippen molar-refractivity contribution in [1.82, 2.24) is 0 Å². The summed E-state index contributed by atoms with van der Waals surface area (Å²) < 4.78 is 38.6. The minimum atomic E-state index is -4.56. The minimum absolute atomic E-state index is 0.0393. The molecule has 0 aliphatic carbocycles. The molecular weight excluding hydrogens is 498 g/mol. The number of hydrogen-bond acceptors (Lipinski definition) is 7. The van der Waals surface area contributed by atoms with Gasteiger partial charge in [-0.25, -0.2) is 0 Å². The Labute approximate surface area is 192 Å². The molecule has 0 bridgehead atoms. The first kappa shape index (κ1) is 20.4. The zero-order valence-corrected chi connectivity index (χ0v) is 18.7. The Kier molecular flexibility index (Phi) is 4.28. The number of nitriles is 1. The van der Waals surface area contributed by atoms with Crippen LogP contribution in [-0.4, -0.2) is 20.9 Å². The maximum absolute atomic E-state index is 14.0. The van der Waals surface area contributed by atoms with Crippen molar-refractivity contribution in [2.75, 3.05) is 11.4 Å². The van der Waals surface area contributed by atoms with E-state index < -0.39 is 26.3 Å². The van der Waals surface area contributed by atoms with Gasteiger partial charge in [0, 0.05) is 22.3 Å². The molecule has 3 aliphatic heterocycles. The largest absolute Gasteiger partial charge is 0.438 e. The van der Waals surface area contributed by atoms with Crippen LogP contribution in [-0.2, 0) is 25.1 Å². The van der Waals surface area contributed by atoms with Crippen LogP contribution in [0.5, 0.6) is 5.75 Å². The van der Waals surface area contributed by atoms with Crippen LogP contribution in [0.1, 0.15) is 11.1 Å². The molecule has 1 amide bonds. The Balaban J connectivity index is 1.98. The molecule has 0 radical (unpaired) electrons. The van der Waals surface area contributed by atoms with E-state index in [9.17, 15) is 18.5 Å². The van der Waals surface area contributed by atoms with Crippen LogP contribution in [0.15, 0.2) is 76.0 Å². The molecule has 32 heavy (non-hydrogen) atoms. The van der Waals surface area contributed by atoms with Crippen molar-refractivity contribution in [3.8, 4) is 11.8 Å². The van der Waals surface area contributed by atoms with E-state index in [0.717, 1.165) is 0 Å². The van der Waals surface area contributed by atoms with Gasteiger partial charge in [0.25, 0.3) is 0 Å².